The summed E-state index contributed by atoms with van der Waals surface area (Å²) in [4.78, 5) is 25.2. The number of amides is 2. The van der Waals surface area contributed by atoms with Gasteiger partial charge in [0.2, 0.25) is 11.8 Å². The molecule has 2 amide bonds. The molecule has 176 valence electrons. The molecule has 33 heavy (non-hydrogen) atoms. The van der Waals surface area contributed by atoms with Gasteiger partial charge >= 0.3 is 0 Å². The van der Waals surface area contributed by atoms with E-state index in [1.165, 1.54) is 18.1 Å². The van der Waals surface area contributed by atoms with E-state index >= 15 is 0 Å². The lowest BCUT2D eigenvalue weighted by Gasteiger charge is -2.31. The molecule has 0 fully saturated rings. The van der Waals surface area contributed by atoms with Crippen LogP contribution in [0.15, 0.2) is 54.1 Å². The van der Waals surface area contributed by atoms with E-state index < -0.39 is 0 Å². The fraction of sp³-hybridized carbons (Fsp3) is 0.407. The van der Waals surface area contributed by atoms with Gasteiger partial charge in [-0.3, -0.25) is 9.59 Å². The Bertz CT molecular complexity index is 1030. The van der Waals surface area contributed by atoms with Crippen LogP contribution in [0.1, 0.15) is 37.3 Å². The zero-order chi connectivity index (χ0) is 24.0. The van der Waals surface area contributed by atoms with E-state index in [4.69, 9.17) is 11.6 Å². The number of carbonyl (C=O) groups excluding carboxylic acids is 2. The normalized spacial score (nSPS) is 15.7. The predicted octanol–water partition coefficient (Wildman–Crippen LogP) is 4.41. The molecule has 0 aromatic heterocycles. The standard InChI is InChI=1S/C27H34ClN3O2/c1-18(21-12-14-31(4)27(33)16-21)25(17-29-3)24-10-9-22(15-26(24)28)23-8-6-5-7-20(23)11-13-30-19(2)32/h5-10,15-16,18,25,29H,11-14,17H2,1-4H3,(H,30,32). The number of nitrogens with zero attached hydrogens (tertiary/aromatic N) is 1. The third-order valence-corrected chi connectivity index (χ3v) is 6.86. The van der Waals surface area contributed by atoms with Crippen molar-refractivity contribution >= 4 is 23.4 Å². The van der Waals surface area contributed by atoms with Gasteiger partial charge in [0.15, 0.2) is 0 Å². The maximum absolute atomic E-state index is 12.2. The number of rotatable bonds is 9. The first-order chi connectivity index (χ1) is 15.8. The number of hydrogen-bond donors (Lipinski definition) is 2. The Morgan fingerprint density at radius 2 is 1.97 bits per heavy atom. The van der Waals surface area contributed by atoms with Crippen LogP contribution in [-0.2, 0) is 16.0 Å². The Balaban J connectivity index is 1.88. The van der Waals surface area contributed by atoms with E-state index in [0.29, 0.717) is 6.54 Å². The molecule has 2 atom stereocenters. The Morgan fingerprint density at radius 1 is 1.21 bits per heavy atom. The van der Waals surface area contributed by atoms with Crippen LogP contribution in [0.3, 0.4) is 0 Å². The molecule has 2 N–H and O–H groups in total. The van der Waals surface area contributed by atoms with Crippen LogP contribution in [0.25, 0.3) is 11.1 Å². The molecular weight excluding hydrogens is 434 g/mol. The summed E-state index contributed by atoms with van der Waals surface area (Å²) < 4.78 is 0. The summed E-state index contributed by atoms with van der Waals surface area (Å²) in [6.45, 7) is 5.85. The maximum Gasteiger partial charge on any atom is 0.246 e. The Morgan fingerprint density at radius 3 is 2.64 bits per heavy atom. The zero-order valence-corrected chi connectivity index (χ0v) is 20.7. The molecule has 0 aliphatic carbocycles. The molecule has 0 saturated heterocycles. The highest BCUT2D eigenvalue weighted by atomic mass is 35.5. The summed E-state index contributed by atoms with van der Waals surface area (Å²) in [6.07, 6.45) is 3.44. The fourth-order valence-corrected chi connectivity index (χ4v) is 4.85. The van der Waals surface area contributed by atoms with Crippen molar-refractivity contribution in [2.75, 3.05) is 33.7 Å². The van der Waals surface area contributed by atoms with E-state index in [1.807, 2.05) is 32.3 Å². The van der Waals surface area contributed by atoms with Gasteiger partial charge < -0.3 is 15.5 Å². The molecule has 0 bridgehead atoms. The van der Waals surface area contributed by atoms with Gasteiger partial charge in [-0.05, 0) is 54.1 Å². The van der Waals surface area contributed by atoms with E-state index in [-0.39, 0.29) is 23.7 Å². The number of carbonyl (C=O) groups is 2. The molecule has 6 heteroatoms. The first kappa shape index (κ1) is 25.0. The molecule has 0 radical (unpaired) electrons. The second kappa shape index (κ2) is 11.5. The van der Waals surface area contributed by atoms with E-state index in [9.17, 15) is 9.59 Å². The summed E-state index contributed by atoms with van der Waals surface area (Å²) in [6, 6.07) is 14.5. The van der Waals surface area contributed by atoms with Crippen LogP contribution in [0, 0.1) is 5.92 Å². The number of nitrogens with one attached hydrogen (secondary N) is 2. The second-order valence-electron chi connectivity index (χ2n) is 8.81. The molecule has 1 aliphatic rings. The SMILES string of the molecule is CNCC(c1ccc(-c2ccccc2CCNC(C)=O)cc1Cl)C(C)C1=CC(=O)N(C)CC1. The average molecular weight is 468 g/mol. The molecule has 2 aromatic carbocycles. The van der Waals surface area contributed by atoms with E-state index in [2.05, 4.69) is 41.8 Å². The van der Waals surface area contributed by atoms with Gasteiger partial charge in [0, 0.05) is 50.6 Å². The zero-order valence-electron chi connectivity index (χ0n) is 20.0. The van der Waals surface area contributed by atoms with Crippen molar-refractivity contribution in [2.45, 2.75) is 32.6 Å². The van der Waals surface area contributed by atoms with Crippen LogP contribution < -0.4 is 10.6 Å². The number of likely N-dealkylation sites (N-methyl/N-ethyl adjacent to an activating group) is 2. The third kappa shape index (κ3) is 6.24. The van der Waals surface area contributed by atoms with Crippen LogP contribution >= 0.6 is 11.6 Å². The van der Waals surface area contributed by atoms with Gasteiger partial charge in [-0.15, -0.1) is 0 Å². The van der Waals surface area contributed by atoms with Crippen molar-refractivity contribution < 1.29 is 9.59 Å². The van der Waals surface area contributed by atoms with E-state index in [1.54, 1.807) is 11.0 Å². The summed E-state index contributed by atoms with van der Waals surface area (Å²) >= 11 is 6.86. The van der Waals surface area contributed by atoms with Gasteiger partial charge in [-0.25, -0.2) is 0 Å². The van der Waals surface area contributed by atoms with Crippen molar-refractivity contribution in [2.24, 2.45) is 5.92 Å². The minimum Gasteiger partial charge on any atom is -0.356 e. The summed E-state index contributed by atoms with van der Waals surface area (Å²) in [5.41, 5.74) is 5.63. The second-order valence-corrected chi connectivity index (χ2v) is 9.22. The molecule has 3 rings (SSSR count). The third-order valence-electron chi connectivity index (χ3n) is 6.53. The van der Waals surface area contributed by atoms with Crippen molar-refractivity contribution in [1.29, 1.82) is 0 Å². The number of benzene rings is 2. The van der Waals surface area contributed by atoms with Crippen molar-refractivity contribution in [3.63, 3.8) is 0 Å². The molecule has 5 nitrogen and oxygen atoms in total. The van der Waals surface area contributed by atoms with Gasteiger partial charge in [-0.2, -0.15) is 0 Å². The molecular formula is C27H34ClN3O2. The number of halogens is 1. The first-order valence-electron chi connectivity index (χ1n) is 11.5. The molecule has 2 unspecified atom stereocenters. The topological polar surface area (TPSA) is 61.4 Å². The monoisotopic (exact) mass is 467 g/mol. The van der Waals surface area contributed by atoms with Crippen LogP contribution in [0.4, 0.5) is 0 Å². The van der Waals surface area contributed by atoms with Crippen molar-refractivity contribution in [3.05, 3.63) is 70.3 Å². The van der Waals surface area contributed by atoms with Crippen molar-refractivity contribution in [1.82, 2.24) is 15.5 Å². The van der Waals surface area contributed by atoms with E-state index in [0.717, 1.165) is 47.6 Å². The van der Waals surface area contributed by atoms with Crippen LogP contribution in [-0.4, -0.2) is 50.4 Å². The minimum absolute atomic E-state index is 0.0222. The van der Waals surface area contributed by atoms with Gasteiger partial charge in [0.25, 0.3) is 0 Å². The lowest BCUT2D eigenvalue weighted by molar-refractivity contribution is -0.125. The summed E-state index contributed by atoms with van der Waals surface area (Å²) in [7, 11) is 3.79. The largest absolute Gasteiger partial charge is 0.356 e. The molecule has 1 heterocycles. The fourth-order valence-electron chi connectivity index (χ4n) is 4.53. The molecule has 0 spiro atoms. The van der Waals surface area contributed by atoms with Gasteiger partial charge in [-0.1, -0.05) is 60.5 Å². The Hall–Kier alpha value is -2.63. The number of hydrogen-bond acceptors (Lipinski definition) is 3. The minimum atomic E-state index is -0.0222. The van der Waals surface area contributed by atoms with Crippen LogP contribution in [0.2, 0.25) is 5.02 Å². The lowest BCUT2D eigenvalue weighted by Crippen LogP contribution is -2.33. The summed E-state index contributed by atoms with van der Waals surface area (Å²) in [5, 5.41) is 6.91. The average Bonchev–Trinajstić information content (AvgIpc) is 2.79. The predicted molar refractivity (Wildman–Crippen MR) is 135 cm³/mol. The maximum atomic E-state index is 12.2. The van der Waals surface area contributed by atoms with Crippen LogP contribution in [0.5, 0.6) is 0 Å². The smallest absolute Gasteiger partial charge is 0.246 e. The highest BCUT2D eigenvalue weighted by Crippen LogP contribution is 2.38. The molecule has 1 aliphatic heterocycles. The quantitative estimate of drug-likeness (QED) is 0.574. The molecule has 0 saturated carbocycles. The lowest BCUT2D eigenvalue weighted by atomic mass is 9.79. The van der Waals surface area contributed by atoms with Gasteiger partial charge in [0.05, 0.1) is 0 Å². The Labute approximate surface area is 202 Å². The Kier molecular flexibility index (Phi) is 8.70. The highest BCUT2D eigenvalue weighted by Gasteiger charge is 2.27. The van der Waals surface area contributed by atoms with Gasteiger partial charge in [0.1, 0.15) is 0 Å². The summed E-state index contributed by atoms with van der Waals surface area (Å²) in [5.74, 6) is 0.409. The first-order valence-corrected chi connectivity index (χ1v) is 11.9. The molecule has 2 aromatic rings. The van der Waals surface area contributed by atoms with Crippen molar-refractivity contribution in [3.8, 4) is 11.1 Å². The highest BCUT2D eigenvalue weighted by molar-refractivity contribution is 6.31.